The fraction of sp³-hybridized carbons (Fsp3) is 0.263. The average molecular weight is 341 g/mol. The van der Waals surface area contributed by atoms with Gasteiger partial charge in [-0.1, -0.05) is 18.2 Å². The van der Waals surface area contributed by atoms with Gasteiger partial charge in [0.05, 0.1) is 13.7 Å². The molecule has 132 valence electrons. The van der Waals surface area contributed by atoms with E-state index in [9.17, 15) is 9.59 Å². The summed E-state index contributed by atoms with van der Waals surface area (Å²) < 4.78 is 5.30. The highest BCUT2D eigenvalue weighted by Crippen LogP contribution is 2.17. The number of carbonyl (C=O) groups excluding carboxylic acids is 2. The van der Waals surface area contributed by atoms with Crippen LogP contribution in [-0.4, -0.2) is 32.0 Å². The molecule has 0 aliphatic heterocycles. The zero-order valence-corrected chi connectivity index (χ0v) is 14.5. The lowest BCUT2D eigenvalue weighted by Crippen LogP contribution is -2.29. The van der Waals surface area contributed by atoms with E-state index in [0.717, 1.165) is 17.7 Å². The highest BCUT2D eigenvalue weighted by atomic mass is 16.5. The van der Waals surface area contributed by atoms with Crippen LogP contribution < -0.4 is 20.7 Å². The van der Waals surface area contributed by atoms with E-state index in [1.165, 1.54) is 6.92 Å². The third kappa shape index (κ3) is 6.27. The molecule has 0 aliphatic rings. The molecule has 6 heteroatoms. The van der Waals surface area contributed by atoms with E-state index in [2.05, 4.69) is 16.0 Å². The van der Waals surface area contributed by atoms with Crippen molar-refractivity contribution in [1.29, 1.82) is 0 Å². The van der Waals surface area contributed by atoms with Gasteiger partial charge in [0.15, 0.2) is 0 Å². The normalized spacial score (nSPS) is 10.2. The minimum Gasteiger partial charge on any atom is -0.496 e. The summed E-state index contributed by atoms with van der Waals surface area (Å²) >= 11 is 0. The molecule has 6 nitrogen and oxygen atoms in total. The molecule has 2 rings (SSSR count). The summed E-state index contributed by atoms with van der Waals surface area (Å²) in [6.45, 7) is 2.35. The van der Waals surface area contributed by atoms with Gasteiger partial charge in [0, 0.05) is 18.3 Å². The number of rotatable bonds is 8. The smallest absolute Gasteiger partial charge is 0.238 e. The van der Waals surface area contributed by atoms with Crippen LogP contribution in [0.2, 0.25) is 0 Å². The van der Waals surface area contributed by atoms with Crippen molar-refractivity contribution in [2.75, 3.05) is 30.8 Å². The van der Waals surface area contributed by atoms with E-state index in [-0.39, 0.29) is 18.4 Å². The molecular weight excluding hydrogens is 318 g/mol. The van der Waals surface area contributed by atoms with Gasteiger partial charge in [-0.15, -0.1) is 0 Å². The average Bonchev–Trinajstić information content (AvgIpc) is 2.60. The molecule has 0 heterocycles. The van der Waals surface area contributed by atoms with Gasteiger partial charge in [-0.05, 0) is 48.9 Å². The molecule has 0 spiro atoms. The van der Waals surface area contributed by atoms with Crippen LogP contribution in [0.25, 0.3) is 0 Å². The second-order valence-corrected chi connectivity index (χ2v) is 5.55. The monoisotopic (exact) mass is 341 g/mol. The molecule has 25 heavy (non-hydrogen) atoms. The van der Waals surface area contributed by atoms with Gasteiger partial charge >= 0.3 is 0 Å². The number of anilines is 2. The van der Waals surface area contributed by atoms with Gasteiger partial charge in [0.2, 0.25) is 11.8 Å². The maximum absolute atomic E-state index is 11.9. The molecule has 0 atom stereocenters. The largest absolute Gasteiger partial charge is 0.496 e. The summed E-state index contributed by atoms with van der Waals surface area (Å²) in [5.41, 5.74) is 2.48. The van der Waals surface area contributed by atoms with Crippen molar-refractivity contribution in [3.8, 4) is 5.75 Å². The van der Waals surface area contributed by atoms with Gasteiger partial charge in [0.25, 0.3) is 0 Å². The molecule has 2 aromatic rings. The predicted octanol–water partition coefficient (Wildman–Crippen LogP) is 2.42. The highest BCUT2D eigenvalue weighted by molar-refractivity contribution is 5.93. The first-order valence-corrected chi connectivity index (χ1v) is 8.08. The van der Waals surface area contributed by atoms with Gasteiger partial charge in [0.1, 0.15) is 5.75 Å². The summed E-state index contributed by atoms with van der Waals surface area (Å²) in [5, 5.41) is 8.60. The summed E-state index contributed by atoms with van der Waals surface area (Å²) in [5.74, 6) is 0.608. The highest BCUT2D eigenvalue weighted by Gasteiger charge is 2.04. The van der Waals surface area contributed by atoms with Crippen LogP contribution in [0.5, 0.6) is 5.75 Å². The van der Waals surface area contributed by atoms with E-state index in [4.69, 9.17) is 4.74 Å². The Morgan fingerprint density at radius 3 is 2.24 bits per heavy atom. The Morgan fingerprint density at radius 1 is 0.960 bits per heavy atom. The number of nitrogens with one attached hydrogen (secondary N) is 3. The lowest BCUT2D eigenvalue weighted by Gasteiger charge is -2.10. The number of hydrogen-bond donors (Lipinski definition) is 3. The van der Waals surface area contributed by atoms with Crippen LogP contribution in [0.3, 0.4) is 0 Å². The first kappa shape index (κ1) is 18.5. The lowest BCUT2D eigenvalue weighted by atomic mass is 10.1. The minimum absolute atomic E-state index is 0.118. The number of amides is 2. The SMILES string of the molecule is COc1ccccc1CCNCC(=O)Nc1ccc(NC(C)=O)cc1. The first-order chi connectivity index (χ1) is 12.1. The molecule has 3 N–H and O–H groups in total. The molecular formula is C19H23N3O3. The standard InChI is InChI=1S/C19H23N3O3/c1-14(23)21-16-7-9-17(10-8-16)22-19(24)13-20-12-11-15-5-3-4-6-18(15)25-2/h3-10,20H,11-13H2,1-2H3,(H,21,23)(H,22,24). The zero-order valence-electron chi connectivity index (χ0n) is 14.5. The molecule has 0 unspecified atom stereocenters. The molecule has 0 aliphatic carbocycles. The fourth-order valence-electron chi connectivity index (χ4n) is 2.38. The zero-order chi connectivity index (χ0) is 18.1. The van der Waals surface area contributed by atoms with Crippen molar-refractivity contribution < 1.29 is 14.3 Å². The first-order valence-electron chi connectivity index (χ1n) is 8.08. The maximum Gasteiger partial charge on any atom is 0.238 e. The Kier molecular flexibility index (Phi) is 6.98. The van der Waals surface area contributed by atoms with Gasteiger partial charge < -0.3 is 20.7 Å². The molecule has 0 radical (unpaired) electrons. The van der Waals surface area contributed by atoms with Crippen LogP contribution in [0.15, 0.2) is 48.5 Å². The number of methoxy groups -OCH3 is 1. The lowest BCUT2D eigenvalue weighted by molar-refractivity contribution is -0.115. The van der Waals surface area contributed by atoms with Crippen molar-refractivity contribution in [1.82, 2.24) is 5.32 Å². The number of hydrogen-bond acceptors (Lipinski definition) is 4. The number of carbonyl (C=O) groups is 2. The van der Waals surface area contributed by atoms with Crippen LogP contribution in [0, 0.1) is 0 Å². The topological polar surface area (TPSA) is 79.5 Å². The molecule has 2 amide bonds. The molecule has 0 saturated heterocycles. The second-order valence-electron chi connectivity index (χ2n) is 5.55. The summed E-state index contributed by atoms with van der Waals surface area (Å²) in [4.78, 5) is 22.9. The Hall–Kier alpha value is -2.86. The van der Waals surface area contributed by atoms with Gasteiger partial charge in [-0.3, -0.25) is 9.59 Å². The van der Waals surface area contributed by atoms with Gasteiger partial charge in [-0.2, -0.15) is 0 Å². The van der Waals surface area contributed by atoms with Crippen LogP contribution >= 0.6 is 0 Å². The van der Waals surface area contributed by atoms with E-state index >= 15 is 0 Å². The molecule has 2 aromatic carbocycles. The summed E-state index contributed by atoms with van der Waals surface area (Å²) in [6, 6.07) is 14.8. The maximum atomic E-state index is 11.9. The molecule has 0 saturated carbocycles. The van der Waals surface area contributed by atoms with Crippen molar-refractivity contribution in [2.24, 2.45) is 0 Å². The van der Waals surface area contributed by atoms with Crippen molar-refractivity contribution >= 4 is 23.2 Å². The number of para-hydroxylation sites is 1. The summed E-state index contributed by atoms with van der Waals surface area (Å²) in [6.07, 6.45) is 0.780. The Morgan fingerprint density at radius 2 is 1.60 bits per heavy atom. The van der Waals surface area contributed by atoms with Crippen LogP contribution in [0.4, 0.5) is 11.4 Å². The van der Waals surface area contributed by atoms with Crippen molar-refractivity contribution in [2.45, 2.75) is 13.3 Å². The number of ether oxygens (including phenoxy) is 1. The van der Waals surface area contributed by atoms with E-state index in [0.29, 0.717) is 17.9 Å². The molecule has 0 bridgehead atoms. The minimum atomic E-state index is -0.129. The molecule has 0 fully saturated rings. The van der Waals surface area contributed by atoms with Crippen molar-refractivity contribution in [3.63, 3.8) is 0 Å². The summed E-state index contributed by atoms with van der Waals surface area (Å²) in [7, 11) is 1.65. The van der Waals surface area contributed by atoms with Gasteiger partial charge in [-0.25, -0.2) is 0 Å². The van der Waals surface area contributed by atoms with Crippen LogP contribution in [0.1, 0.15) is 12.5 Å². The molecule has 0 aromatic heterocycles. The third-order valence-corrected chi connectivity index (χ3v) is 3.54. The Balaban J connectivity index is 1.72. The van der Waals surface area contributed by atoms with Crippen LogP contribution in [-0.2, 0) is 16.0 Å². The van der Waals surface area contributed by atoms with E-state index < -0.39 is 0 Å². The number of benzene rings is 2. The van der Waals surface area contributed by atoms with E-state index in [1.807, 2.05) is 24.3 Å². The van der Waals surface area contributed by atoms with Crippen molar-refractivity contribution in [3.05, 3.63) is 54.1 Å². The van der Waals surface area contributed by atoms with E-state index in [1.54, 1.807) is 31.4 Å². The fourth-order valence-corrected chi connectivity index (χ4v) is 2.38. The third-order valence-electron chi connectivity index (χ3n) is 3.54. The quantitative estimate of drug-likeness (QED) is 0.644. The Labute approximate surface area is 147 Å². The predicted molar refractivity (Wildman–Crippen MR) is 98.9 cm³/mol. The Bertz CT molecular complexity index is 714. The second kappa shape index (κ2) is 9.44.